The van der Waals surface area contributed by atoms with E-state index < -0.39 is 12.5 Å². The van der Waals surface area contributed by atoms with Gasteiger partial charge < -0.3 is 14.4 Å². The predicted octanol–water partition coefficient (Wildman–Crippen LogP) is 5.31. The van der Waals surface area contributed by atoms with Crippen molar-refractivity contribution in [2.45, 2.75) is 32.3 Å². The van der Waals surface area contributed by atoms with E-state index >= 15 is 0 Å². The zero-order valence-corrected chi connectivity index (χ0v) is 18.5. The minimum absolute atomic E-state index is 0.0305. The first kappa shape index (κ1) is 24.2. The average molecular weight is 461 g/mol. The highest BCUT2D eigenvalue weighted by Crippen LogP contribution is 2.33. The number of rotatable bonds is 11. The molecule has 0 atom stereocenters. The molecule has 0 aliphatic heterocycles. The molecule has 0 bridgehead atoms. The first-order valence-corrected chi connectivity index (χ1v) is 10.6. The highest BCUT2D eigenvalue weighted by molar-refractivity contribution is 5.97. The summed E-state index contributed by atoms with van der Waals surface area (Å²) in [5.41, 5.74) is 2.61. The van der Waals surface area contributed by atoms with Gasteiger partial charge in [0.15, 0.2) is 11.5 Å². The average Bonchev–Trinajstić information content (AvgIpc) is 3.27. The molecule has 1 N–H and O–H groups in total. The Hall–Kier alpha value is -3.49. The van der Waals surface area contributed by atoms with E-state index in [0.29, 0.717) is 6.54 Å². The Kier molecular flexibility index (Phi) is 8.34. The number of aryl methyl sites for hydroxylation is 1. The number of methoxy groups -OCH3 is 1. The lowest BCUT2D eigenvalue weighted by atomic mass is 10.1. The van der Waals surface area contributed by atoms with E-state index in [1.165, 1.54) is 36.3 Å². The molecule has 3 rings (SSSR count). The first-order valence-electron chi connectivity index (χ1n) is 10.6. The third-order valence-electron chi connectivity index (χ3n) is 5.19. The lowest BCUT2D eigenvalue weighted by Crippen LogP contribution is -2.28. The molecule has 1 aromatic heterocycles. The second-order valence-electron chi connectivity index (χ2n) is 7.54. The van der Waals surface area contributed by atoms with E-state index in [4.69, 9.17) is 4.74 Å². The minimum atomic E-state index is -3.07. The molecule has 0 saturated heterocycles. The van der Waals surface area contributed by atoms with Gasteiger partial charge in [0.1, 0.15) is 5.82 Å². The molecule has 0 fully saturated rings. The molecule has 0 radical (unpaired) electrons. The van der Waals surface area contributed by atoms with Gasteiger partial charge in [-0.2, -0.15) is 13.9 Å². The number of halogens is 3. The van der Waals surface area contributed by atoms with E-state index in [0.717, 1.165) is 42.6 Å². The normalized spacial score (nSPS) is 11.0. The number of alkyl halides is 2. The van der Waals surface area contributed by atoms with Crippen LogP contribution < -0.4 is 9.47 Å². The Morgan fingerprint density at radius 2 is 1.88 bits per heavy atom. The van der Waals surface area contributed by atoms with Crippen LogP contribution in [0.15, 0.2) is 48.5 Å². The summed E-state index contributed by atoms with van der Waals surface area (Å²) in [5, 5.41) is 7.26. The number of hydrogen-bond donors (Lipinski definition) is 1. The van der Waals surface area contributed by atoms with E-state index in [1.807, 2.05) is 6.07 Å². The summed E-state index contributed by atoms with van der Waals surface area (Å²) in [5.74, 6) is -0.888. The van der Waals surface area contributed by atoms with Crippen molar-refractivity contribution in [2.24, 2.45) is 0 Å². The van der Waals surface area contributed by atoms with Crippen LogP contribution in [0.3, 0.4) is 0 Å². The monoisotopic (exact) mass is 461 g/mol. The van der Waals surface area contributed by atoms with Gasteiger partial charge in [0, 0.05) is 24.8 Å². The number of amides is 1. The Morgan fingerprint density at radius 1 is 1.12 bits per heavy atom. The van der Waals surface area contributed by atoms with Gasteiger partial charge in [0.05, 0.1) is 18.4 Å². The Labute approximate surface area is 190 Å². The topological polar surface area (TPSA) is 67.5 Å². The number of benzene rings is 2. The summed E-state index contributed by atoms with van der Waals surface area (Å²) in [4.78, 5) is 14.2. The number of aromatic nitrogens is 2. The highest BCUT2D eigenvalue weighted by Gasteiger charge is 2.22. The number of carbonyl (C=O) groups is 1. The van der Waals surface area contributed by atoms with Gasteiger partial charge in [0.2, 0.25) is 0 Å². The molecule has 1 heterocycles. The first-order chi connectivity index (χ1) is 15.9. The van der Waals surface area contributed by atoms with Crippen LogP contribution in [0.4, 0.5) is 13.2 Å². The van der Waals surface area contributed by atoms with Crippen molar-refractivity contribution in [3.05, 3.63) is 65.6 Å². The van der Waals surface area contributed by atoms with Crippen LogP contribution in [0.25, 0.3) is 11.3 Å². The number of hydrogen-bond acceptors (Lipinski definition) is 4. The zero-order chi connectivity index (χ0) is 23.8. The summed E-state index contributed by atoms with van der Waals surface area (Å²) < 4.78 is 48.2. The fraction of sp³-hybridized carbons (Fsp3) is 0.333. The molecule has 6 nitrogen and oxygen atoms in total. The maximum Gasteiger partial charge on any atom is 0.387 e. The van der Waals surface area contributed by atoms with E-state index in [9.17, 15) is 18.0 Å². The molecule has 0 aliphatic carbocycles. The molecule has 0 unspecified atom stereocenters. The number of nitrogens with zero attached hydrogens (tertiary/aromatic N) is 2. The fourth-order valence-electron chi connectivity index (χ4n) is 3.46. The largest absolute Gasteiger partial charge is 0.493 e. The van der Waals surface area contributed by atoms with E-state index in [1.54, 1.807) is 25.2 Å². The molecule has 3 aromatic rings. The smallest absolute Gasteiger partial charge is 0.387 e. The van der Waals surface area contributed by atoms with E-state index in [-0.39, 0.29) is 22.9 Å². The second-order valence-corrected chi connectivity index (χ2v) is 7.54. The molecule has 0 spiro atoms. The second kappa shape index (κ2) is 11.4. The third kappa shape index (κ3) is 6.50. The van der Waals surface area contributed by atoms with Crippen LogP contribution in [0.2, 0.25) is 0 Å². The van der Waals surface area contributed by atoms with Gasteiger partial charge in [-0.3, -0.25) is 9.89 Å². The van der Waals surface area contributed by atoms with Crippen molar-refractivity contribution in [1.29, 1.82) is 0 Å². The predicted molar refractivity (Wildman–Crippen MR) is 118 cm³/mol. The Morgan fingerprint density at radius 3 is 2.58 bits per heavy atom. The van der Waals surface area contributed by atoms with Gasteiger partial charge in [0.25, 0.3) is 5.91 Å². The SMILES string of the molecule is COc1cccc(C(=O)N(C)CCCCCc2cc(-c3ccc(F)cc3)n[nH]2)c1OC(F)F. The van der Waals surface area contributed by atoms with Crippen LogP contribution >= 0.6 is 0 Å². The lowest BCUT2D eigenvalue weighted by Gasteiger charge is -2.20. The number of H-pyrrole nitrogens is 1. The van der Waals surface area contributed by atoms with Crippen molar-refractivity contribution < 1.29 is 27.4 Å². The van der Waals surface area contributed by atoms with Gasteiger partial charge in [-0.25, -0.2) is 4.39 Å². The number of ether oxygens (including phenoxy) is 2. The van der Waals surface area contributed by atoms with Crippen LogP contribution in [0.1, 0.15) is 35.3 Å². The van der Waals surface area contributed by atoms with Gasteiger partial charge >= 0.3 is 6.61 Å². The number of aromatic amines is 1. The van der Waals surface area contributed by atoms with Gasteiger partial charge in [-0.05, 0) is 61.7 Å². The molecular formula is C24H26F3N3O3. The Bertz CT molecular complexity index is 1050. The molecular weight excluding hydrogens is 435 g/mol. The van der Waals surface area contributed by atoms with Crippen molar-refractivity contribution in [2.75, 3.05) is 20.7 Å². The molecule has 1 amide bonds. The fourth-order valence-corrected chi connectivity index (χ4v) is 3.46. The molecule has 0 saturated carbocycles. The maximum atomic E-state index is 13.1. The van der Waals surface area contributed by atoms with Crippen molar-refractivity contribution in [3.8, 4) is 22.8 Å². The van der Waals surface area contributed by atoms with E-state index in [2.05, 4.69) is 14.9 Å². The third-order valence-corrected chi connectivity index (χ3v) is 5.19. The summed E-state index contributed by atoms with van der Waals surface area (Å²) in [6.07, 6.45) is 3.28. The van der Waals surface area contributed by atoms with Crippen LogP contribution in [-0.2, 0) is 6.42 Å². The zero-order valence-electron chi connectivity index (χ0n) is 18.5. The van der Waals surface area contributed by atoms with Crippen molar-refractivity contribution in [1.82, 2.24) is 15.1 Å². The molecule has 176 valence electrons. The number of para-hydroxylation sites is 1. The Balaban J connectivity index is 1.48. The molecule has 2 aromatic carbocycles. The number of unbranched alkanes of at least 4 members (excludes halogenated alkanes) is 2. The number of nitrogens with one attached hydrogen (secondary N) is 1. The van der Waals surface area contributed by atoms with Crippen LogP contribution in [-0.4, -0.2) is 48.3 Å². The quantitative estimate of drug-likeness (QED) is 0.393. The molecule has 33 heavy (non-hydrogen) atoms. The lowest BCUT2D eigenvalue weighted by molar-refractivity contribution is -0.0516. The highest BCUT2D eigenvalue weighted by atomic mass is 19.3. The minimum Gasteiger partial charge on any atom is -0.493 e. The van der Waals surface area contributed by atoms with Crippen molar-refractivity contribution >= 4 is 5.91 Å². The van der Waals surface area contributed by atoms with Gasteiger partial charge in [-0.15, -0.1) is 0 Å². The van der Waals surface area contributed by atoms with Crippen molar-refractivity contribution in [3.63, 3.8) is 0 Å². The molecule has 9 heteroatoms. The summed E-state index contributed by atoms with van der Waals surface area (Å²) in [6.45, 7) is -2.60. The number of carbonyl (C=O) groups excluding carboxylic acids is 1. The van der Waals surface area contributed by atoms with Gasteiger partial charge in [-0.1, -0.05) is 12.5 Å². The van der Waals surface area contributed by atoms with Crippen LogP contribution in [0.5, 0.6) is 11.5 Å². The summed E-state index contributed by atoms with van der Waals surface area (Å²) >= 11 is 0. The summed E-state index contributed by atoms with van der Waals surface area (Å²) in [6, 6.07) is 12.6. The van der Waals surface area contributed by atoms with Crippen LogP contribution in [0, 0.1) is 5.82 Å². The molecule has 0 aliphatic rings. The summed E-state index contributed by atoms with van der Waals surface area (Å²) in [7, 11) is 2.95. The standard InChI is InChI=1S/C24H26F3N3O3/c1-30(23(31)19-8-6-9-21(32-2)22(19)33-24(26)27)14-5-3-4-7-18-15-20(29-28-18)16-10-12-17(25)13-11-16/h6,8-13,15,24H,3-5,7,14H2,1-2H3,(H,28,29). The maximum absolute atomic E-state index is 13.1.